The predicted octanol–water partition coefficient (Wildman–Crippen LogP) is 2.72. The number of hydrogen-bond donors (Lipinski definition) is 1. The molecule has 0 bridgehead atoms. The van der Waals surface area contributed by atoms with Gasteiger partial charge in [-0.3, -0.25) is 4.79 Å². The second-order valence-corrected chi connectivity index (χ2v) is 3.97. The Labute approximate surface area is 109 Å². The number of amides is 1. The van der Waals surface area contributed by atoms with Crippen molar-refractivity contribution in [1.82, 2.24) is 9.78 Å². The second kappa shape index (κ2) is 4.81. The van der Waals surface area contributed by atoms with E-state index in [0.29, 0.717) is 11.3 Å². The van der Waals surface area contributed by atoms with E-state index in [1.807, 2.05) is 36.5 Å². The number of carbonyl (C=O) groups is 1. The zero-order chi connectivity index (χ0) is 13.1. The van der Waals surface area contributed by atoms with Crippen LogP contribution in [0.1, 0.15) is 10.4 Å². The molecule has 1 N–H and O–H groups in total. The lowest BCUT2D eigenvalue weighted by Crippen LogP contribution is -2.11. The molecule has 3 rings (SSSR count). The number of rotatable bonds is 3. The molecule has 5 heteroatoms. The van der Waals surface area contributed by atoms with Gasteiger partial charge >= 0.3 is 0 Å². The minimum Gasteiger partial charge on any atom is -0.472 e. The number of benzene rings is 1. The highest BCUT2D eigenvalue weighted by Crippen LogP contribution is 2.15. The Kier molecular flexibility index (Phi) is 2.86. The first-order valence-corrected chi connectivity index (χ1v) is 5.76. The summed E-state index contributed by atoms with van der Waals surface area (Å²) in [6.07, 6.45) is 6.43. The highest BCUT2D eigenvalue weighted by molar-refractivity contribution is 6.04. The van der Waals surface area contributed by atoms with Crippen LogP contribution in [0.4, 0.5) is 5.69 Å². The van der Waals surface area contributed by atoms with E-state index in [2.05, 4.69) is 10.4 Å². The Morgan fingerprint density at radius 3 is 2.95 bits per heavy atom. The predicted molar refractivity (Wildman–Crippen MR) is 70.2 cm³/mol. The first kappa shape index (κ1) is 11.3. The molecule has 0 aliphatic carbocycles. The van der Waals surface area contributed by atoms with Crippen LogP contribution in [0.2, 0.25) is 0 Å². The van der Waals surface area contributed by atoms with Crippen LogP contribution in [0.3, 0.4) is 0 Å². The molecule has 19 heavy (non-hydrogen) atoms. The van der Waals surface area contributed by atoms with Crippen molar-refractivity contribution >= 4 is 11.6 Å². The molecular formula is C14H11N3O2. The van der Waals surface area contributed by atoms with Crippen LogP contribution in [0, 0.1) is 0 Å². The van der Waals surface area contributed by atoms with Crippen LogP contribution in [0.5, 0.6) is 0 Å². The minimum absolute atomic E-state index is 0.202. The molecule has 1 aromatic carbocycles. The molecule has 94 valence electrons. The molecule has 0 saturated carbocycles. The van der Waals surface area contributed by atoms with E-state index in [1.165, 1.54) is 12.5 Å². The number of carbonyl (C=O) groups excluding carboxylic acids is 1. The SMILES string of the molecule is O=C(Nc1cccc(-n2cccn2)c1)c1ccoc1. The van der Waals surface area contributed by atoms with E-state index in [1.54, 1.807) is 16.9 Å². The number of anilines is 1. The van der Waals surface area contributed by atoms with Crippen LogP contribution in [0.25, 0.3) is 5.69 Å². The third kappa shape index (κ3) is 2.40. The zero-order valence-electron chi connectivity index (χ0n) is 9.98. The van der Waals surface area contributed by atoms with Gasteiger partial charge < -0.3 is 9.73 Å². The van der Waals surface area contributed by atoms with Crippen LogP contribution < -0.4 is 5.32 Å². The lowest BCUT2D eigenvalue weighted by atomic mass is 10.2. The molecule has 0 aliphatic rings. The van der Waals surface area contributed by atoms with Crippen molar-refractivity contribution in [1.29, 1.82) is 0 Å². The summed E-state index contributed by atoms with van der Waals surface area (Å²) in [6.45, 7) is 0. The Hall–Kier alpha value is -2.82. The summed E-state index contributed by atoms with van der Waals surface area (Å²) < 4.78 is 6.61. The molecule has 3 aromatic rings. The van der Waals surface area contributed by atoms with Gasteiger partial charge in [-0.25, -0.2) is 4.68 Å². The third-order valence-corrected chi connectivity index (χ3v) is 2.66. The Bertz CT molecular complexity index is 673. The number of nitrogens with one attached hydrogen (secondary N) is 1. The summed E-state index contributed by atoms with van der Waals surface area (Å²) in [4.78, 5) is 11.9. The fourth-order valence-electron chi connectivity index (χ4n) is 1.74. The second-order valence-electron chi connectivity index (χ2n) is 3.97. The Balaban J connectivity index is 1.82. The van der Waals surface area contributed by atoms with Crippen molar-refractivity contribution in [2.45, 2.75) is 0 Å². The zero-order valence-corrected chi connectivity index (χ0v) is 9.98. The molecule has 0 aliphatic heterocycles. The summed E-state index contributed by atoms with van der Waals surface area (Å²) >= 11 is 0. The molecule has 0 saturated heterocycles. The molecule has 1 amide bonds. The van der Waals surface area contributed by atoms with E-state index < -0.39 is 0 Å². The molecule has 0 radical (unpaired) electrons. The van der Waals surface area contributed by atoms with Gasteiger partial charge in [-0.2, -0.15) is 5.10 Å². The van der Waals surface area contributed by atoms with Gasteiger partial charge in [0.05, 0.1) is 17.5 Å². The minimum atomic E-state index is -0.202. The normalized spacial score (nSPS) is 10.3. The summed E-state index contributed by atoms with van der Waals surface area (Å²) in [5.74, 6) is -0.202. The molecule has 0 fully saturated rings. The maximum Gasteiger partial charge on any atom is 0.258 e. The van der Waals surface area contributed by atoms with Crippen molar-refractivity contribution in [2.75, 3.05) is 5.32 Å². The molecule has 0 spiro atoms. The van der Waals surface area contributed by atoms with E-state index in [9.17, 15) is 4.79 Å². The first-order chi connectivity index (χ1) is 9.33. The first-order valence-electron chi connectivity index (χ1n) is 5.76. The van der Waals surface area contributed by atoms with Gasteiger partial charge in [0, 0.05) is 18.1 Å². The van der Waals surface area contributed by atoms with Crippen molar-refractivity contribution < 1.29 is 9.21 Å². The number of aromatic nitrogens is 2. The van der Waals surface area contributed by atoms with Crippen molar-refractivity contribution in [3.63, 3.8) is 0 Å². The summed E-state index contributed by atoms with van der Waals surface area (Å²) in [6, 6.07) is 10.9. The highest BCUT2D eigenvalue weighted by Gasteiger charge is 2.07. The van der Waals surface area contributed by atoms with Gasteiger partial charge in [0.2, 0.25) is 0 Å². The lowest BCUT2D eigenvalue weighted by molar-refractivity contribution is 0.102. The maximum atomic E-state index is 11.9. The van der Waals surface area contributed by atoms with E-state index in [-0.39, 0.29) is 5.91 Å². The summed E-state index contributed by atoms with van der Waals surface area (Å²) in [7, 11) is 0. The molecule has 0 atom stereocenters. The van der Waals surface area contributed by atoms with Crippen LogP contribution >= 0.6 is 0 Å². The van der Waals surface area contributed by atoms with Gasteiger partial charge in [-0.05, 0) is 30.3 Å². The Morgan fingerprint density at radius 2 is 2.21 bits per heavy atom. The van der Waals surface area contributed by atoms with E-state index in [4.69, 9.17) is 4.42 Å². The summed E-state index contributed by atoms with van der Waals surface area (Å²) in [5.41, 5.74) is 2.08. The number of nitrogens with zero attached hydrogens (tertiary/aromatic N) is 2. The quantitative estimate of drug-likeness (QED) is 0.780. The topological polar surface area (TPSA) is 60.1 Å². The fourth-order valence-corrected chi connectivity index (χ4v) is 1.74. The molecule has 2 aromatic heterocycles. The van der Waals surface area contributed by atoms with Crippen molar-refractivity contribution in [3.05, 3.63) is 66.9 Å². The summed E-state index contributed by atoms with van der Waals surface area (Å²) in [5, 5.41) is 6.95. The average molecular weight is 253 g/mol. The van der Waals surface area contributed by atoms with Crippen LogP contribution in [0.15, 0.2) is 65.7 Å². The smallest absolute Gasteiger partial charge is 0.258 e. The van der Waals surface area contributed by atoms with E-state index >= 15 is 0 Å². The number of hydrogen-bond acceptors (Lipinski definition) is 3. The highest BCUT2D eigenvalue weighted by atomic mass is 16.3. The van der Waals surface area contributed by atoms with Crippen molar-refractivity contribution in [3.8, 4) is 5.69 Å². The molecule has 5 nitrogen and oxygen atoms in total. The third-order valence-electron chi connectivity index (χ3n) is 2.66. The van der Waals surface area contributed by atoms with Gasteiger partial charge in [0.25, 0.3) is 5.91 Å². The van der Waals surface area contributed by atoms with Gasteiger partial charge in [0.1, 0.15) is 6.26 Å². The molecule has 0 unspecified atom stereocenters. The van der Waals surface area contributed by atoms with Gasteiger partial charge in [-0.15, -0.1) is 0 Å². The maximum absolute atomic E-state index is 11.9. The standard InChI is InChI=1S/C14H11N3O2/c18-14(11-5-8-19-10-11)16-12-3-1-4-13(9-12)17-7-2-6-15-17/h1-10H,(H,16,18). The van der Waals surface area contributed by atoms with Gasteiger partial charge in [0.15, 0.2) is 0 Å². The fraction of sp³-hybridized carbons (Fsp3) is 0. The molecule has 2 heterocycles. The van der Waals surface area contributed by atoms with Crippen LogP contribution in [-0.2, 0) is 0 Å². The average Bonchev–Trinajstić information content (AvgIpc) is 3.13. The molecular weight excluding hydrogens is 242 g/mol. The lowest BCUT2D eigenvalue weighted by Gasteiger charge is -2.06. The number of furan rings is 1. The van der Waals surface area contributed by atoms with Crippen molar-refractivity contribution in [2.24, 2.45) is 0 Å². The largest absolute Gasteiger partial charge is 0.472 e. The van der Waals surface area contributed by atoms with Gasteiger partial charge in [-0.1, -0.05) is 6.07 Å². The van der Waals surface area contributed by atoms with Crippen LogP contribution in [-0.4, -0.2) is 15.7 Å². The monoisotopic (exact) mass is 253 g/mol. The van der Waals surface area contributed by atoms with E-state index in [0.717, 1.165) is 5.69 Å². The Morgan fingerprint density at radius 1 is 1.26 bits per heavy atom.